The van der Waals surface area contributed by atoms with Crippen molar-refractivity contribution in [3.05, 3.63) is 70.5 Å². The summed E-state index contributed by atoms with van der Waals surface area (Å²) in [7, 11) is -2.33. The molecule has 0 aliphatic rings. The minimum Gasteiger partial charge on any atom is -0.496 e. The molecule has 33 heavy (non-hydrogen) atoms. The minimum atomic E-state index is -4.01. The van der Waals surface area contributed by atoms with Crippen LogP contribution in [0.1, 0.15) is 17.0 Å². The Balaban J connectivity index is 1.61. The maximum Gasteiger partial charge on any atom is 0.265 e. The second-order valence-electron chi connectivity index (χ2n) is 7.76. The van der Waals surface area contributed by atoms with Crippen LogP contribution >= 0.6 is 22.7 Å². The van der Waals surface area contributed by atoms with Gasteiger partial charge in [0.1, 0.15) is 15.1 Å². The highest BCUT2D eigenvalue weighted by molar-refractivity contribution is 7.85. The fourth-order valence-corrected chi connectivity index (χ4v) is 6.73. The Hall–Kier alpha value is -2.78. The topological polar surface area (TPSA) is 67.5 Å². The number of fused-ring (bicyclic) bond motifs is 4. The third-order valence-corrected chi connectivity index (χ3v) is 8.41. The number of rotatable bonds is 7. The lowest BCUT2D eigenvalue weighted by Gasteiger charge is -2.02. The summed E-state index contributed by atoms with van der Waals surface area (Å²) in [4.78, 5) is 0. The summed E-state index contributed by atoms with van der Waals surface area (Å²) >= 11 is 3.29. The molecule has 2 heterocycles. The van der Waals surface area contributed by atoms with E-state index in [9.17, 15) is 13.0 Å². The number of hydrogen-bond acceptors (Lipinski definition) is 5. The molecule has 2 aromatic heterocycles. The van der Waals surface area contributed by atoms with E-state index in [0.29, 0.717) is 13.0 Å². The fourth-order valence-electron chi connectivity index (χ4n) is 4.07. The fraction of sp³-hybridized carbons (Fsp3) is 0.160. The van der Waals surface area contributed by atoms with Crippen molar-refractivity contribution in [1.82, 2.24) is 0 Å². The molecule has 0 atom stereocenters. The van der Waals surface area contributed by atoms with Gasteiger partial charge in [0, 0.05) is 23.9 Å². The second kappa shape index (κ2) is 8.87. The van der Waals surface area contributed by atoms with E-state index in [-0.39, 0.29) is 5.75 Å². The molecule has 0 aliphatic heterocycles. The minimum absolute atomic E-state index is 0.269. The Morgan fingerprint density at radius 1 is 1.06 bits per heavy atom. The first-order valence-electron chi connectivity index (χ1n) is 10.5. The van der Waals surface area contributed by atoms with Gasteiger partial charge in [0.2, 0.25) is 5.52 Å². The number of aryl methyl sites for hydroxylation is 1. The summed E-state index contributed by atoms with van der Waals surface area (Å²) in [5.41, 5.74) is 2.16. The van der Waals surface area contributed by atoms with E-state index < -0.39 is 10.1 Å². The largest absolute Gasteiger partial charge is 0.496 e. The number of nitrogens with zero attached hydrogens (tertiary/aromatic N) is 1. The lowest BCUT2D eigenvalue weighted by molar-refractivity contribution is -0.667. The van der Waals surface area contributed by atoms with Gasteiger partial charge in [-0.15, -0.1) is 11.3 Å². The van der Waals surface area contributed by atoms with Gasteiger partial charge in [-0.3, -0.25) is 4.55 Å². The number of thiazole rings is 1. The molecule has 0 radical (unpaired) electrons. The van der Waals surface area contributed by atoms with Crippen molar-refractivity contribution < 1.29 is 22.3 Å². The highest BCUT2D eigenvalue weighted by atomic mass is 32.2. The second-order valence-corrected chi connectivity index (χ2v) is 11.3. The molecule has 0 unspecified atom stereocenters. The van der Waals surface area contributed by atoms with Crippen LogP contribution in [0, 0.1) is 0 Å². The van der Waals surface area contributed by atoms with Gasteiger partial charge in [0.25, 0.3) is 15.1 Å². The van der Waals surface area contributed by atoms with Gasteiger partial charge in [0.15, 0.2) is 6.54 Å². The quantitative estimate of drug-likeness (QED) is 0.221. The van der Waals surface area contributed by atoms with E-state index in [4.69, 9.17) is 4.74 Å². The zero-order valence-corrected chi connectivity index (χ0v) is 20.3. The van der Waals surface area contributed by atoms with Crippen molar-refractivity contribution in [3.63, 3.8) is 0 Å². The van der Waals surface area contributed by atoms with Gasteiger partial charge in [-0.25, -0.2) is 0 Å². The van der Waals surface area contributed by atoms with Crippen molar-refractivity contribution in [3.8, 4) is 5.75 Å². The predicted octanol–water partition coefficient (Wildman–Crippen LogP) is 6.01. The van der Waals surface area contributed by atoms with Crippen LogP contribution in [0.3, 0.4) is 0 Å². The Labute approximate surface area is 199 Å². The van der Waals surface area contributed by atoms with Gasteiger partial charge >= 0.3 is 0 Å². The molecule has 1 N–H and O–H groups in total. The van der Waals surface area contributed by atoms with Crippen LogP contribution < -0.4 is 9.30 Å². The average molecular weight is 497 g/mol. The van der Waals surface area contributed by atoms with Gasteiger partial charge in [-0.1, -0.05) is 47.7 Å². The molecule has 0 spiro atoms. The molecule has 0 aliphatic carbocycles. The van der Waals surface area contributed by atoms with Crippen LogP contribution in [0.5, 0.6) is 5.75 Å². The highest BCUT2D eigenvalue weighted by Gasteiger charge is 2.24. The molecule has 8 heteroatoms. The van der Waals surface area contributed by atoms with Crippen LogP contribution in [0.25, 0.3) is 43.2 Å². The molecular formula is C25H22NO4S3+. The highest BCUT2D eigenvalue weighted by Crippen LogP contribution is 2.38. The van der Waals surface area contributed by atoms with Crippen LogP contribution in [0.2, 0.25) is 0 Å². The van der Waals surface area contributed by atoms with Crippen LogP contribution in [-0.4, -0.2) is 25.8 Å². The number of ether oxygens (including phenoxy) is 1. The zero-order chi connectivity index (χ0) is 23.0. The molecule has 0 saturated heterocycles. The average Bonchev–Trinajstić information content (AvgIpc) is 3.41. The number of aromatic nitrogens is 1. The smallest absolute Gasteiger partial charge is 0.265 e. The number of thiophene rings is 1. The first kappa shape index (κ1) is 22.0. The molecule has 5 aromatic rings. The number of methoxy groups -OCH3 is 1. The monoisotopic (exact) mass is 496 g/mol. The van der Waals surface area contributed by atoms with Crippen molar-refractivity contribution in [2.75, 3.05) is 12.9 Å². The van der Waals surface area contributed by atoms with E-state index >= 15 is 0 Å². The first-order chi connectivity index (χ1) is 15.9. The molecule has 0 fully saturated rings. The molecule has 5 rings (SSSR count). The van der Waals surface area contributed by atoms with E-state index in [2.05, 4.69) is 47.1 Å². The summed E-state index contributed by atoms with van der Waals surface area (Å²) in [5.74, 6) is 0.560. The molecule has 0 saturated carbocycles. The zero-order valence-electron chi connectivity index (χ0n) is 17.9. The molecule has 3 aromatic carbocycles. The Bertz CT molecular complexity index is 1610. The molecule has 0 bridgehead atoms. The lowest BCUT2D eigenvalue weighted by Crippen LogP contribution is -2.36. The van der Waals surface area contributed by atoms with E-state index in [0.717, 1.165) is 36.6 Å². The van der Waals surface area contributed by atoms with E-state index in [1.54, 1.807) is 29.8 Å². The van der Waals surface area contributed by atoms with Crippen molar-refractivity contribution in [2.45, 2.75) is 13.0 Å². The van der Waals surface area contributed by atoms with Gasteiger partial charge in [-0.2, -0.15) is 13.0 Å². The standard InChI is InChI=1S/C25H21NO4S3/c1-30-21-16-22-24(25-20(21)11-13-31-25)26(12-4-14-33(27,28)29)23(32-22)10-8-17-7-9-18-5-2-3-6-19(18)15-17/h2-3,5-11,13,15-16H,4,12,14H2,1H3/p+1/b10-8+. The number of benzene rings is 3. The molecular weight excluding hydrogens is 474 g/mol. The van der Waals surface area contributed by atoms with Gasteiger partial charge < -0.3 is 4.74 Å². The predicted molar refractivity (Wildman–Crippen MR) is 138 cm³/mol. The maximum absolute atomic E-state index is 11.3. The normalized spacial score (nSPS) is 12.4. The summed E-state index contributed by atoms with van der Waals surface area (Å²) in [6.07, 6.45) is 4.48. The van der Waals surface area contributed by atoms with Gasteiger partial charge in [0.05, 0.1) is 12.9 Å². The van der Waals surface area contributed by atoms with Crippen molar-refractivity contribution in [2.24, 2.45) is 0 Å². The summed E-state index contributed by atoms with van der Waals surface area (Å²) in [6, 6.07) is 18.7. The Morgan fingerprint density at radius 2 is 1.88 bits per heavy atom. The van der Waals surface area contributed by atoms with Crippen LogP contribution in [0.4, 0.5) is 0 Å². The summed E-state index contributed by atoms with van der Waals surface area (Å²) < 4.78 is 41.8. The van der Waals surface area contributed by atoms with E-state index in [1.807, 2.05) is 29.6 Å². The Kier molecular flexibility index (Phi) is 5.92. The lowest BCUT2D eigenvalue weighted by atomic mass is 10.1. The number of hydrogen-bond donors (Lipinski definition) is 1. The molecule has 168 valence electrons. The van der Waals surface area contributed by atoms with Crippen molar-refractivity contribution >= 4 is 76.0 Å². The summed E-state index contributed by atoms with van der Waals surface area (Å²) in [6.45, 7) is 0.483. The van der Waals surface area contributed by atoms with Crippen LogP contribution in [-0.2, 0) is 16.7 Å². The third-order valence-electron chi connectivity index (χ3n) is 5.59. The Morgan fingerprint density at radius 3 is 2.67 bits per heavy atom. The van der Waals surface area contributed by atoms with E-state index in [1.165, 1.54) is 10.8 Å². The van der Waals surface area contributed by atoms with Crippen LogP contribution in [0.15, 0.2) is 60.0 Å². The summed E-state index contributed by atoms with van der Waals surface area (Å²) in [5, 5.41) is 6.47. The first-order valence-corrected chi connectivity index (χ1v) is 13.8. The third kappa shape index (κ3) is 4.52. The SMILES string of the molecule is COc1cc2sc(/C=C/c3ccc4ccccc4c3)[n+](CCCS(=O)(=O)O)c2c2sccc12. The molecule has 0 amide bonds. The maximum atomic E-state index is 11.3. The van der Waals surface area contributed by atoms with Crippen molar-refractivity contribution in [1.29, 1.82) is 0 Å². The van der Waals surface area contributed by atoms with Gasteiger partial charge in [-0.05, 0) is 39.9 Å². The molecule has 5 nitrogen and oxygen atoms in total.